The van der Waals surface area contributed by atoms with Crippen LogP contribution in [0.25, 0.3) is 0 Å². The van der Waals surface area contributed by atoms with Crippen molar-refractivity contribution in [1.29, 1.82) is 0 Å². The average Bonchev–Trinajstić information content (AvgIpc) is 2.88. The number of carbonyl (C=O) groups excluding carboxylic acids is 1. The normalized spacial score (nSPS) is 11.7. The number of aryl methyl sites for hydroxylation is 2. The molecule has 2 N–H and O–H groups in total. The van der Waals surface area contributed by atoms with Crippen LogP contribution in [0.1, 0.15) is 35.7 Å². The Balaban J connectivity index is 2.37. The first-order valence-electron chi connectivity index (χ1n) is 7.92. The molecule has 0 saturated heterocycles. The van der Waals surface area contributed by atoms with Crippen molar-refractivity contribution < 1.29 is 22.7 Å². The van der Waals surface area contributed by atoms with E-state index in [1.165, 1.54) is 22.5 Å². The first-order chi connectivity index (χ1) is 11.7. The lowest BCUT2D eigenvalue weighted by molar-refractivity contribution is 0.102. The summed E-state index contributed by atoms with van der Waals surface area (Å²) in [5, 5.41) is 12.5. The van der Waals surface area contributed by atoms with Gasteiger partial charge in [0.1, 0.15) is 17.3 Å². The highest BCUT2D eigenvalue weighted by atomic mass is 32.2. The fraction of sp³-hybridized carbons (Fsp3) is 0.353. The van der Waals surface area contributed by atoms with Crippen LogP contribution in [0.5, 0.6) is 5.75 Å². The van der Waals surface area contributed by atoms with E-state index in [-0.39, 0.29) is 16.3 Å². The molecule has 1 aromatic heterocycles. The third-order valence-electron chi connectivity index (χ3n) is 3.85. The minimum Gasteiger partial charge on any atom is -0.506 e. The lowest BCUT2D eigenvalue weighted by Gasteiger charge is -2.19. The van der Waals surface area contributed by atoms with Crippen LogP contribution in [0.15, 0.2) is 33.6 Å². The number of nitrogens with zero attached hydrogens (tertiary/aromatic N) is 1. The van der Waals surface area contributed by atoms with E-state index in [4.69, 9.17) is 4.42 Å². The minimum atomic E-state index is -3.69. The third-order valence-corrected chi connectivity index (χ3v) is 5.89. The Morgan fingerprint density at radius 3 is 2.36 bits per heavy atom. The quantitative estimate of drug-likeness (QED) is 0.766. The standard InChI is InChI=1S/C17H22N2O5S/c1-5-19(6-2)25(22,23)13-7-8-16(20)15(10-13)18-17(21)14-9-11(3)24-12(14)4/h7-10,20H,5-6H2,1-4H3,(H,18,21). The van der Waals surface area contributed by atoms with Crippen LogP contribution >= 0.6 is 0 Å². The van der Waals surface area contributed by atoms with Gasteiger partial charge < -0.3 is 14.8 Å². The molecule has 1 amide bonds. The molecule has 0 bridgehead atoms. The monoisotopic (exact) mass is 366 g/mol. The highest BCUT2D eigenvalue weighted by molar-refractivity contribution is 7.89. The summed E-state index contributed by atoms with van der Waals surface area (Å²) in [4.78, 5) is 12.4. The largest absolute Gasteiger partial charge is 0.506 e. The van der Waals surface area contributed by atoms with E-state index in [0.29, 0.717) is 30.2 Å². The van der Waals surface area contributed by atoms with Crippen LogP contribution < -0.4 is 5.32 Å². The summed E-state index contributed by atoms with van der Waals surface area (Å²) < 4.78 is 31.8. The molecular formula is C17H22N2O5S. The van der Waals surface area contributed by atoms with Gasteiger partial charge in [-0.2, -0.15) is 4.31 Å². The molecule has 0 aliphatic carbocycles. The molecule has 0 saturated carbocycles. The molecule has 0 spiro atoms. The first-order valence-corrected chi connectivity index (χ1v) is 9.36. The number of furan rings is 1. The number of phenols is 1. The molecule has 0 unspecified atom stereocenters. The number of carbonyl (C=O) groups is 1. The number of benzene rings is 1. The molecule has 1 aromatic carbocycles. The van der Waals surface area contributed by atoms with Gasteiger partial charge in [0.25, 0.3) is 5.91 Å². The second kappa shape index (κ2) is 7.28. The van der Waals surface area contributed by atoms with Gasteiger partial charge in [0.05, 0.1) is 16.1 Å². The summed E-state index contributed by atoms with van der Waals surface area (Å²) in [6, 6.07) is 5.40. The van der Waals surface area contributed by atoms with Crippen molar-refractivity contribution >= 4 is 21.6 Å². The summed E-state index contributed by atoms with van der Waals surface area (Å²) in [7, 11) is -3.69. The van der Waals surface area contributed by atoms with Gasteiger partial charge in [-0.15, -0.1) is 0 Å². The number of rotatable bonds is 6. The van der Waals surface area contributed by atoms with Crippen molar-refractivity contribution in [3.05, 3.63) is 41.3 Å². The highest BCUT2D eigenvalue weighted by Crippen LogP contribution is 2.29. The predicted octanol–water partition coefficient (Wildman–Crippen LogP) is 2.88. The SMILES string of the molecule is CCN(CC)S(=O)(=O)c1ccc(O)c(NC(=O)c2cc(C)oc2C)c1. The zero-order valence-electron chi connectivity index (χ0n) is 14.7. The third kappa shape index (κ3) is 3.85. The zero-order valence-corrected chi connectivity index (χ0v) is 15.5. The molecule has 0 fully saturated rings. The van der Waals surface area contributed by atoms with Crippen LogP contribution in [0.4, 0.5) is 5.69 Å². The Labute approximate surface area is 147 Å². The van der Waals surface area contributed by atoms with E-state index in [9.17, 15) is 18.3 Å². The summed E-state index contributed by atoms with van der Waals surface area (Å²) >= 11 is 0. The predicted molar refractivity (Wildman–Crippen MR) is 94.3 cm³/mol. The maximum absolute atomic E-state index is 12.6. The van der Waals surface area contributed by atoms with Gasteiger partial charge in [0, 0.05) is 13.1 Å². The molecule has 2 rings (SSSR count). The molecule has 0 radical (unpaired) electrons. The molecule has 7 nitrogen and oxygen atoms in total. The number of anilines is 1. The van der Waals surface area contributed by atoms with Crippen LogP contribution in [0, 0.1) is 13.8 Å². The summed E-state index contributed by atoms with van der Waals surface area (Å²) in [6.07, 6.45) is 0. The Morgan fingerprint density at radius 1 is 1.20 bits per heavy atom. The molecule has 0 aliphatic heterocycles. The number of nitrogens with one attached hydrogen (secondary N) is 1. The smallest absolute Gasteiger partial charge is 0.259 e. The molecule has 2 aromatic rings. The second-order valence-corrected chi connectivity index (χ2v) is 7.49. The minimum absolute atomic E-state index is 0.00407. The van der Waals surface area contributed by atoms with E-state index in [1.807, 2.05) is 0 Å². The Morgan fingerprint density at radius 2 is 1.84 bits per heavy atom. The summed E-state index contributed by atoms with van der Waals surface area (Å²) in [5.74, 6) is 0.331. The number of amides is 1. The van der Waals surface area contributed by atoms with Gasteiger partial charge in [0.15, 0.2) is 0 Å². The Hall–Kier alpha value is -2.32. The van der Waals surface area contributed by atoms with E-state index in [1.54, 1.807) is 33.8 Å². The highest BCUT2D eigenvalue weighted by Gasteiger charge is 2.23. The summed E-state index contributed by atoms with van der Waals surface area (Å²) in [6.45, 7) is 7.52. The maximum atomic E-state index is 12.6. The number of hydrogen-bond donors (Lipinski definition) is 2. The first kappa shape index (κ1) is 19.0. The van der Waals surface area contributed by atoms with Gasteiger partial charge in [-0.25, -0.2) is 8.42 Å². The molecule has 136 valence electrons. The number of hydrogen-bond acceptors (Lipinski definition) is 5. The van der Waals surface area contributed by atoms with Gasteiger partial charge in [-0.3, -0.25) is 4.79 Å². The van der Waals surface area contributed by atoms with E-state index < -0.39 is 15.9 Å². The fourth-order valence-corrected chi connectivity index (χ4v) is 4.02. The number of phenolic OH excluding ortho intramolecular Hbond substituents is 1. The Kier molecular flexibility index (Phi) is 5.54. The van der Waals surface area contributed by atoms with E-state index in [0.717, 1.165) is 0 Å². The maximum Gasteiger partial charge on any atom is 0.259 e. The molecule has 8 heteroatoms. The lowest BCUT2D eigenvalue weighted by atomic mass is 10.2. The van der Waals surface area contributed by atoms with E-state index in [2.05, 4.69) is 5.32 Å². The molecule has 1 heterocycles. The summed E-state index contributed by atoms with van der Waals surface area (Å²) in [5.41, 5.74) is 0.352. The van der Waals surface area contributed by atoms with Crippen LogP contribution in [-0.4, -0.2) is 36.8 Å². The van der Waals surface area contributed by atoms with Gasteiger partial charge >= 0.3 is 0 Å². The number of aromatic hydroxyl groups is 1. The van der Waals surface area contributed by atoms with Crippen molar-refractivity contribution in [3.8, 4) is 5.75 Å². The second-order valence-electron chi connectivity index (χ2n) is 5.55. The van der Waals surface area contributed by atoms with Crippen LogP contribution in [0.3, 0.4) is 0 Å². The molecule has 0 aliphatic rings. The van der Waals surface area contributed by atoms with Gasteiger partial charge in [-0.1, -0.05) is 13.8 Å². The fourth-order valence-electron chi connectivity index (χ4n) is 2.53. The van der Waals surface area contributed by atoms with Gasteiger partial charge in [0.2, 0.25) is 10.0 Å². The van der Waals surface area contributed by atoms with Crippen molar-refractivity contribution in [2.24, 2.45) is 0 Å². The number of sulfonamides is 1. The molecular weight excluding hydrogens is 344 g/mol. The van der Waals surface area contributed by atoms with Crippen molar-refractivity contribution in [1.82, 2.24) is 4.31 Å². The van der Waals surface area contributed by atoms with E-state index >= 15 is 0 Å². The average molecular weight is 366 g/mol. The van der Waals surface area contributed by atoms with Crippen molar-refractivity contribution in [2.45, 2.75) is 32.6 Å². The Bertz CT molecular complexity index is 882. The van der Waals surface area contributed by atoms with Gasteiger partial charge in [-0.05, 0) is 38.1 Å². The topological polar surface area (TPSA) is 99.9 Å². The molecule has 0 atom stereocenters. The van der Waals surface area contributed by atoms with Crippen LogP contribution in [0.2, 0.25) is 0 Å². The van der Waals surface area contributed by atoms with Crippen LogP contribution in [-0.2, 0) is 10.0 Å². The molecule has 25 heavy (non-hydrogen) atoms. The lowest BCUT2D eigenvalue weighted by Crippen LogP contribution is -2.30. The van der Waals surface area contributed by atoms with Crippen molar-refractivity contribution in [2.75, 3.05) is 18.4 Å². The van der Waals surface area contributed by atoms with Crippen molar-refractivity contribution in [3.63, 3.8) is 0 Å². The zero-order chi connectivity index (χ0) is 18.8.